The van der Waals surface area contributed by atoms with Crippen LogP contribution in [0.1, 0.15) is 25.7 Å². The van der Waals surface area contributed by atoms with Crippen LogP contribution in [-0.4, -0.2) is 16.6 Å². The van der Waals surface area contributed by atoms with Gasteiger partial charge >= 0.3 is 0 Å². The fraction of sp³-hybridized carbons (Fsp3) is 0.833. The molecule has 0 bridgehead atoms. The Kier molecular flexibility index (Phi) is 7.37. The van der Waals surface area contributed by atoms with Crippen molar-refractivity contribution in [1.82, 2.24) is 0 Å². The summed E-state index contributed by atoms with van der Waals surface area (Å²) in [7, 11) is -3.22. The van der Waals surface area contributed by atoms with Crippen molar-refractivity contribution < 1.29 is 4.12 Å². The lowest BCUT2D eigenvalue weighted by Gasteiger charge is -2.34. The molecule has 5 heteroatoms. The van der Waals surface area contributed by atoms with Crippen LogP contribution in [0.4, 0.5) is 0 Å². The van der Waals surface area contributed by atoms with Crippen molar-refractivity contribution >= 4 is 16.6 Å². The Bertz CT molecular complexity index is 273. The molecular weight excluding hydrogens is 244 g/mol. The maximum atomic E-state index is 8.54. The molecular formula is C12H24N2OSi2. The van der Waals surface area contributed by atoms with Gasteiger partial charge < -0.3 is 4.12 Å². The van der Waals surface area contributed by atoms with E-state index in [1.807, 2.05) is 0 Å². The van der Waals surface area contributed by atoms with Gasteiger partial charge in [0.1, 0.15) is 0 Å². The van der Waals surface area contributed by atoms with Gasteiger partial charge in [-0.1, -0.05) is 0 Å². The first-order valence-corrected chi connectivity index (χ1v) is 12.5. The predicted octanol–water partition coefficient (Wildman–Crippen LogP) is 4.02. The SMILES string of the molecule is C[Si](C)(CCCC#N)O[Si](C)(C)CCCC#N. The van der Waals surface area contributed by atoms with Crippen LogP contribution in [0.5, 0.6) is 0 Å². The average molecular weight is 269 g/mol. The van der Waals surface area contributed by atoms with Crippen LogP contribution in [0.15, 0.2) is 0 Å². The predicted molar refractivity (Wildman–Crippen MR) is 75.4 cm³/mol. The number of nitrogens with zero attached hydrogens (tertiary/aromatic N) is 2. The number of rotatable bonds is 8. The first kappa shape index (κ1) is 16.4. The Hall–Kier alpha value is -0.626. The number of unbranched alkanes of at least 4 members (excludes halogenated alkanes) is 2. The smallest absolute Gasteiger partial charge is 0.173 e. The van der Waals surface area contributed by atoms with Gasteiger partial charge in [-0.25, -0.2) is 0 Å². The molecule has 0 saturated carbocycles. The van der Waals surface area contributed by atoms with E-state index in [0.29, 0.717) is 12.8 Å². The van der Waals surface area contributed by atoms with E-state index in [-0.39, 0.29) is 0 Å². The monoisotopic (exact) mass is 268 g/mol. The lowest BCUT2D eigenvalue weighted by molar-refractivity contribution is 0.531. The van der Waals surface area contributed by atoms with Gasteiger partial charge in [0.15, 0.2) is 16.6 Å². The molecule has 0 fully saturated rings. The van der Waals surface area contributed by atoms with Crippen molar-refractivity contribution in [3.8, 4) is 12.1 Å². The molecule has 3 nitrogen and oxygen atoms in total. The largest absolute Gasteiger partial charge is 0.455 e. The molecule has 0 aliphatic rings. The van der Waals surface area contributed by atoms with E-state index in [4.69, 9.17) is 14.6 Å². The Morgan fingerprint density at radius 3 is 1.47 bits per heavy atom. The molecule has 0 aliphatic carbocycles. The first-order chi connectivity index (χ1) is 7.83. The van der Waals surface area contributed by atoms with Gasteiger partial charge in [0, 0.05) is 12.8 Å². The molecule has 0 rings (SSSR count). The number of nitriles is 2. The second-order valence-corrected chi connectivity index (χ2v) is 14.5. The van der Waals surface area contributed by atoms with Gasteiger partial charge in [0.05, 0.1) is 12.1 Å². The summed E-state index contributed by atoms with van der Waals surface area (Å²) in [6.07, 6.45) is 3.18. The standard InChI is InChI=1S/C12H24N2OSi2/c1-16(2,11-7-5-9-13)15-17(3,4)12-8-6-10-14/h5-8,11-12H2,1-4H3. The number of hydrogen-bond donors (Lipinski definition) is 0. The summed E-state index contributed by atoms with van der Waals surface area (Å²) in [6.45, 7) is 8.96. The molecule has 0 spiro atoms. The molecule has 0 radical (unpaired) electrons. The molecule has 0 aromatic heterocycles. The minimum absolute atomic E-state index is 0.635. The average Bonchev–Trinajstić information content (AvgIpc) is 2.16. The fourth-order valence-electron chi connectivity index (χ4n) is 2.04. The van der Waals surface area contributed by atoms with Crippen molar-refractivity contribution in [3.05, 3.63) is 0 Å². The van der Waals surface area contributed by atoms with E-state index < -0.39 is 16.6 Å². The summed E-state index contributed by atoms with van der Waals surface area (Å²) in [5.41, 5.74) is 0. The van der Waals surface area contributed by atoms with Crippen molar-refractivity contribution in [3.63, 3.8) is 0 Å². The van der Waals surface area contributed by atoms with Gasteiger partial charge in [0.25, 0.3) is 0 Å². The summed E-state index contributed by atoms with van der Waals surface area (Å²) < 4.78 is 6.38. The van der Waals surface area contributed by atoms with Crippen LogP contribution in [0.25, 0.3) is 0 Å². The Morgan fingerprint density at radius 1 is 0.824 bits per heavy atom. The van der Waals surface area contributed by atoms with Crippen molar-refractivity contribution in [1.29, 1.82) is 10.5 Å². The van der Waals surface area contributed by atoms with Crippen LogP contribution >= 0.6 is 0 Å². The van der Waals surface area contributed by atoms with Gasteiger partial charge in [-0.2, -0.15) is 10.5 Å². The molecule has 0 unspecified atom stereocenters. The first-order valence-electron chi connectivity index (χ1n) is 6.27. The van der Waals surface area contributed by atoms with Crippen LogP contribution in [0.3, 0.4) is 0 Å². The van der Waals surface area contributed by atoms with Gasteiger partial charge in [0.2, 0.25) is 0 Å². The Morgan fingerprint density at radius 2 is 1.18 bits per heavy atom. The van der Waals surface area contributed by atoms with E-state index in [1.165, 1.54) is 0 Å². The molecule has 96 valence electrons. The molecule has 0 aromatic carbocycles. The van der Waals surface area contributed by atoms with Crippen LogP contribution < -0.4 is 0 Å². The second kappa shape index (κ2) is 7.65. The van der Waals surface area contributed by atoms with Gasteiger partial charge in [-0.05, 0) is 51.1 Å². The maximum Gasteiger partial charge on any atom is 0.173 e. The molecule has 0 aromatic rings. The summed E-state index contributed by atoms with van der Waals surface area (Å²) in [6, 6.07) is 6.50. The zero-order chi connectivity index (χ0) is 13.4. The third kappa shape index (κ3) is 9.11. The summed E-state index contributed by atoms with van der Waals surface area (Å²) in [5.74, 6) is 0. The highest BCUT2D eigenvalue weighted by Crippen LogP contribution is 2.24. The fourth-order valence-corrected chi connectivity index (χ4v) is 10.9. The summed E-state index contributed by atoms with van der Waals surface area (Å²) >= 11 is 0. The van der Waals surface area contributed by atoms with Crippen molar-refractivity contribution in [2.75, 3.05) is 0 Å². The Balaban J connectivity index is 4.09. The highest BCUT2D eigenvalue weighted by atomic mass is 28.4. The van der Waals surface area contributed by atoms with E-state index in [2.05, 4.69) is 38.3 Å². The zero-order valence-electron chi connectivity index (χ0n) is 11.5. The normalized spacial score (nSPS) is 11.9. The Labute approximate surface area is 108 Å². The molecule has 0 aliphatic heterocycles. The molecule has 0 amide bonds. The van der Waals surface area contributed by atoms with E-state index >= 15 is 0 Å². The third-order valence-corrected chi connectivity index (χ3v) is 10.2. The molecule has 17 heavy (non-hydrogen) atoms. The molecule has 0 heterocycles. The van der Waals surface area contributed by atoms with Crippen molar-refractivity contribution in [2.45, 2.75) is 64.0 Å². The van der Waals surface area contributed by atoms with Crippen LogP contribution in [0.2, 0.25) is 38.3 Å². The molecule has 0 N–H and O–H groups in total. The zero-order valence-corrected chi connectivity index (χ0v) is 13.5. The minimum Gasteiger partial charge on any atom is -0.455 e. The lowest BCUT2D eigenvalue weighted by atomic mass is 10.4. The van der Waals surface area contributed by atoms with Gasteiger partial charge in [-0.15, -0.1) is 0 Å². The number of hydrogen-bond acceptors (Lipinski definition) is 3. The summed E-state index contributed by atoms with van der Waals surface area (Å²) in [5, 5.41) is 17.1. The topological polar surface area (TPSA) is 56.8 Å². The minimum atomic E-state index is -1.61. The second-order valence-electron chi connectivity index (χ2n) is 5.64. The molecule has 0 atom stereocenters. The lowest BCUT2D eigenvalue weighted by Crippen LogP contribution is -2.44. The van der Waals surface area contributed by atoms with E-state index in [0.717, 1.165) is 24.9 Å². The van der Waals surface area contributed by atoms with Gasteiger partial charge in [-0.3, -0.25) is 0 Å². The van der Waals surface area contributed by atoms with E-state index in [1.54, 1.807) is 0 Å². The maximum absolute atomic E-state index is 8.54. The summed E-state index contributed by atoms with van der Waals surface area (Å²) in [4.78, 5) is 0. The van der Waals surface area contributed by atoms with Crippen molar-refractivity contribution in [2.24, 2.45) is 0 Å². The van der Waals surface area contributed by atoms with Crippen LogP contribution in [0, 0.1) is 22.7 Å². The van der Waals surface area contributed by atoms with E-state index in [9.17, 15) is 0 Å². The highest BCUT2D eigenvalue weighted by Gasteiger charge is 2.31. The molecule has 0 saturated heterocycles. The quantitative estimate of drug-likeness (QED) is 0.493. The third-order valence-electron chi connectivity index (χ3n) is 2.69. The van der Waals surface area contributed by atoms with Crippen LogP contribution in [-0.2, 0) is 4.12 Å². The highest BCUT2D eigenvalue weighted by molar-refractivity contribution is 6.84.